The smallest absolute Gasteiger partial charge is 0.339 e. The Kier molecular flexibility index (Phi) is 1.33. The molecule has 2 N–H and O–H groups in total. The molecule has 60 valence electrons. The summed E-state index contributed by atoms with van der Waals surface area (Å²) in [6.07, 6.45) is 3.02. The van der Waals surface area contributed by atoms with Crippen LogP contribution in [0.1, 0.15) is 10.4 Å². The van der Waals surface area contributed by atoms with E-state index >= 15 is 0 Å². The van der Waals surface area contributed by atoms with Crippen LogP contribution in [0.2, 0.25) is 0 Å². The SMILES string of the molecule is O=C(O)c1c[nH]c2cccnc12. The summed E-state index contributed by atoms with van der Waals surface area (Å²) >= 11 is 0. The lowest BCUT2D eigenvalue weighted by atomic mass is 10.3. The Labute approximate surface area is 67.9 Å². The molecule has 2 aromatic rings. The van der Waals surface area contributed by atoms with Crippen LogP contribution in [0.5, 0.6) is 0 Å². The van der Waals surface area contributed by atoms with Gasteiger partial charge in [0.05, 0.1) is 5.52 Å². The number of carbonyl (C=O) groups is 1. The Morgan fingerprint density at radius 2 is 2.42 bits per heavy atom. The van der Waals surface area contributed by atoms with Crippen LogP contribution in [0.15, 0.2) is 24.5 Å². The van der Waals surface area contributed by atoms with Gasteiger partial charge in [-0.2, -0.15) is 0 Å². The van der Waals surface area contributed by atoms with Crippen LogP contribution < -0.4 is 0 Å². The zero-order chi connectivity index (χ0) is 8.55. The minimum absolute atomic E-state index is 0.214. The quantitative estimate of drug-likeness (QED) is 0.663. The molecule has 0 saturated heterocycles. The van der Waals surface area contributed by atoms with Gasteiger partial charge in [-0.05, 0) is 12.1 Å². The Morgan fingerprint density at radius 3 is 3.17 bits per heavy atom. The number of hydrogen-bond acceptors (Lipinski definition) is 2. The second kappa shape index (κ2) is 2.34. The van der Waals surface area contributed by atoms with Crippen LogP contribution in [0.25, 0.3) is 11.0 Å². The minimum atomic E-state index is -0.958. The predicted octanol–water partition coefficient (Wildman–Crippen LogP) is 1.26. The number of rotatable bonds is 1. The van der Waals surface area contributed by atoms with Crippen LogP contribution in [0.3, 0.4) is 0 Å². The molecular formula is C8H6N2O2. The van der Waals surface area contributed by atoms with Gasteiger partial charge in [-0.3, -0.25) is 4.98 Å². The molecule has 0 bridgehead atoms. The number of carboxylic acids is 1. The maximum Gasteiger partial charge on any atom is 0.339 e. The maximum atomic E-state index is 10.6. The van der Waals surface area contributed by atoms with E-state index in [1.807, 2.05) is 0 Å². The standard InChI is InChI=1S/C8H6N2O2/c11-8(12)5-4-10-6-2-1-3-9-7(5)6/h1-4,10H,(H,11,12). The number of pyridine rings is 1. The fourth-order valence-corrected chi connectivity index (χ4v) is 1.12. The molecule has 2 rings (SSSR count). The number of fused-ring (bicyclic) bond motifs is 1. The highest BCUT2D eigenvalue weighted by molar-refractivity contribution is 6.01. The van der Waals surface area contributed by atoms with Crippen molar-refractivity contribution >= 4 is 17.0 Å². The Balaban J connectivity index is 2.79. The number of H-pyrrole nitrogens is 1. The number of hydrogen-bond donors (Lipinski definition) is 2. The van der Waals surface area contributed by atoms with Gasteiger partial charge in [-0.15, -0.1) is 0 Å². The van der Waals surface area contributed by atoms with Gasteiger partial charge in [0, 0.05) is 12.4 Å². The molecule has 0 atom stereocenters. The van der Waals surface area contributed by atoms with Crippen molar-refractivity contribution in [2.24, 2.45) is 0 Å². The molecule has 0 aliphatic rings. The molecule has 2 heterocycles. The van der Waals surface area contributed by atoms with Crippen molar-refractivity contribution < 1.29 is 9.90 Å². The van der Waals surface area contributed by atoms with Gasteiger partial charge in [0.2, 0.25) is 0 Å². The molecule has 0 radical (unpaired) electrons. The van der Waals surface area contributed by atoms with E-state index in [0.29, 0.717) is 5.52 Å². The van der Waals surface area contributed by atoms with E-state index in [4.69, 9.17) is 5.11 Å². The zero-order valence-electron chi connectivity index (χ0n) is 6.11. The molecule has 0 saturated carbocycles. The summed E-state index contributed by atoms with van der Waals surface area (Å²) in [7, 11) is 0. The molecule has 0 fully saturated rings. The summed E-state index contributed by atoms with van der Waals surface area (Å²) in [5.74, 6) is -0.958. The van der Waals surface area contributed by atoms with Crippen molar-refractivity contribution in [3.63, 3.8) is 0 Å². The summed E-state index contributed by atoms with van der Waals surface area (Å²) in [6.45, 7) is 0. The van der Waals surface area contributed by atoms with Gasteiger partial charge >= 0.3 is 5.97 Å². The molecule has 0 aliphatic carbocycles. The minimum Gasteiger partial charge on any atom is -0.478 e. The van der Waals surface area contributed by atoms with E-state index in [1.54, 1.807) is 18.3 Å². The van der Waals surface area contributed by atoms with Crippen molar-refractivity contribution in [2.45, 2.75) is 0 Å². The average Bonchev–Trinajstić information content (AvgIpc) is 2.47. The number of nitrogens with one attached hydrogen (secondary N) is 1. The maximum absolute atomic E-state index is 10.6. The topological polar surface area (TPSA) is 66.0 Å². The van der Waals surface area contributed by atoms with Gasteiger partial charge in [0.1, 0.15) is 11.1 Å². The van der Waals surface area contributed by atoms with Crippen LogP contribution >= 0.6 is 0 Å². The Hall–Kier alpha value is -1.84. The number of aromatic nitrogens is 2. The molecule has 4 nitrogen and oxygen atoms in total. The van der Waals surface area contributed by atoms with Crippen LogP contribution in [-0.4, -0.2) is 21.0 Å². The summed E-state index contributed by atoms with van der Waals surface area (Å²) in [4.78, 5) is 17.4. The van der Waals surface area contributed by atoms with Crippen LogP contribution in [0.4, 0.5) is 0 Å². The van der Waals surface area contributed by atoms with Gasteiger partial charge in [0.25, 0.3) is 0 Å². The largest absolute Gasteiger partial charge is 0.478 e. The number of aromatic amines is 1. The van der Waals surface area contributed by atoms with Crippen LogP contribution in [-0.2, 0) is 0 Å². The summed E-state index contributed by atoms with van der Waals surface area (Å²) in [5, 5.41) is 8.71. The van der Waals surface area contributed by atoms with Crippen LogP contribution in [0, 0.1) is 0 Å². The first-order chi connectivity index (χ1) is 5.79. The Morgan fingerprint density at radius 1 is 1.58 bits per heavy atom. The van der Waals surface area contributed by atoms with Crippen molar-refractivity contribution in [3.8, 4) is 0 Å². The van der Waals surface area contributed by atoms with Crippen molar-refractivity contribution in [1.82, 2.24) is 9.97 Å². The Bertz CT molecular complexity index is 433. The molecule has 0 spiro atoms. The third-order valence-electron chi connectivity index (χ3n) is 1.67. The second-order valence-corrected chi connectivity index (χ2v) is 2.41. The van der Waals surface area contributed by atoms with E-state index in [9.17, 15) is 4.79 Å². The number of nitrogens with zero attached hydrogens (tertiary/aromatic N) is 1. The molecule has 12 heavy (non-hydrogen) atoms. The summed E-state index contributed by atoms with van der Waals surface area (Å²) in [5.41, 5.74) is 1.46. The highest BCUT2D eigenvalue weighted by atomic mass is 16.4. The first-order valence-electron chi connectivity index (χ1n) is 3.44. The summed E-state index contributed by atoms with van der Waals surface area (Å²) in [6, 6.07) is 3.54. The van der Waals surface area contributed by atoms with E-state index in [0.717, 1.165) is 5.52 Å². The van der Waals surface area contributed by atoms with E-state index < -0.39 is 5.97 Å². The lowest BCUT2D eigenvalue weighted by molar-refractivity contribution is 0.0699. The van der Waals surface area contributed by atoms with Crippen molar-refractivity contribution in [3.05, 3.63) is 30.1 Å². The first-order valence-corrected chi connectivity index (χ1v) is 3.44. The fraction of sp³-hybridized carbons (Fsp3) is 0. The third-order valence-corrected chi connectivity index (χ3v) is 1.67. The normalized spacial score (nSPS) is 10.3. The highest BCUT2D eigenvalue weighted by Crippen LogP contribution is 2.13. The number of carboxylic acid groups (broad SMARTS) is 1. The number of aromatic carboxylic acids is 1. The average molecular weight is 162 g/mol. The lowest BCUT2D eigenvalue weighted by Crippen LogP contribution is -1.94. The molecule has 2 aromatic heterocycles. The third kappa shape index (κ3) is 0.852. The lowest BCUT2D eigenvalue weighted by Gasteiger charge is -1.88. The molecule has 0 aromatic carbocycles. The zero-order valence-corrected chi connectivity index (χ0v) is 6.11. The molecular weight excluding hydrogens is 156 g/mol. The van der Waals surface area contributed by atoms with Gasteiger partial charge in [-0.25, -0.2) is 4.79 Å². The van der Waals surface area contributed by atoms with Gasteiger partial charge in [-0.1, -0.05) is 0 Å². The molecule has 0 unspecified atom stereocenters. The van der Waals surface area contributed by atoms with Crippen molar-refractivity contribution in [2.75, 3.05) is 0 Å². The monoisotopic (exact) mass is 162 g/mol. The van der Waals surface area contributed by atoms with Gasteiger partial charge in [0.15, 0.2) is 0 Å². The van der Waals surface area contributed by atoms with E-state index in [-0.39, 0.29) is 5.56 Å². The fourth-order valence-electron chi connectivity index (χ4n) is 1.12. The molecule has 0 amide bonds. The predicted molar refractivity (Wildman–Crippen MR) is 43.1 cm³/mol. The van der Waals surface area contributed by atoms with E-state index in [1.165, 1.54) is 6.20 Å². The molecule has 4 heteroatoms. The molecule has 0 aliphatic heterocycles. The van der Waals surface area contributed by atoms with Gasteiger partial charge < -0.3 is 10.1 Å². The summed E-state index contributed by atoms with van der Waals surface area (Å²) < 4.78 is 0. The highest BCUT2D eigenvalue weighted by Gasteiger charge is 2.09. The second-order valence-electron chi connectivity index (χ2n) is 2.41. The first kappa shape index (κ1) is 6.84. The van der Waals surface area contributed by atoms with Crippen molar-refractivity contribution in [1.29, 1.82) is 0 Å². The van der Waals surface area contributed by atoms with E-state index in [2.05, 4.69) is 9.97 Å².